The molecule has 1 aliphatic carbocycles. The highest BCUT2D eigenvalue weighted by Crippen LogP contribution is 2.35. The van der Waals surface area contributed by atoms with Crippen molar-refractivity contribution in [3.05, 3.63) is 70.3 Å². The van der Waals surface area contributed by atoms with Gasteiger partial charge in [0.2, 0.25) is 0 Å². The van der Waals surface area contributed by atoms with Gasteiger partial charge in [-0.25, -0.2) is 0 Å². The van der Waals surface area contributed by atoms with Crippen LogP contribution in [0.5, 0.6) is 0 Å². The number of rotatable bonds is 2. The fourth-order valence-corrected chi connectivity index (χ4v) is 3.33. The van der Waals surface area contributed by atoms with Crippen LogP contribution in [0, 0.1) is 19.8 Å². The Morgan fingerprint density at radius 1 is 1.05 bits per heavy atom. The molecule has 0 bridgehead atoms. The molecule has 0 aliphatic heterocycles. The van der Waals surface area contributed by atoms with Crippen LogP contribution >= 0.6 is 0 Å². The molecule has 3 rings (SSSR count). The van der Waals surface area contributed by atoms with E-state index in [1.54, 1.807) is 0 Å². The van der Waals surface area contributed by atoms with Crippen molar-refractivity contribution in [1.29, 1.82) is 0 Å². The molecule has 0 saturated heterocycles. The van der Waals surface area contributed by atoms with Gasteiger partial charge in [0, 0.05) is 0 Å². The van der Waals surface area contributed by atoms with Gasteiger partial charge >= 0.3 is 0 Å². The van der Waals surface area contributed by atoms with Gasteiger partial charge in [0.25, 0.3) is 0 Å². The molecule has 2 aromatic rings. The van der Waals surface area contributed by atoms with Crippen LogP contribution in [-0.2, 0) is 12.8 Å². The predicted molar refractivity (Wildman–Crippen MR) is 82.8 cm³/mol. The zero-order chi connectivity index (χ0) is 14.1. The molecule has 0 aromatic heterocycles. The summed E-state index contributed by atoms with van der Waals surface area (Å²) in [6.45, 7) is 4.18. The second-order valence-electron chi connectivity index (χ2n) is 6.08. The van der Waals surface area contributed by atoms with E-state index in [0.29, 0.717) is 5.92 Å². The standard InChI is InChI=1S/C19H22O/c1-13-7-8-14(2)18(11-13)19(20)17-10-9-15-5-3-4-6-16(15)12-17/h3-8,11,17,19-20H,9-10,12H2,1-2H3. The summed E-state index contributed by atoms with van der Waals surface area (Å²) in [4.78, 5) is 0. The van der Waals surface area contributed by atoms with E-state index in [9.17, 15) is 5.11 Å². The zero-order valence-corrected chi connectivity index (χ0v) is 12.3. The first-order chi connectivity index (χ1) is 9.65. The molecule has 0 amide bonds. The highest BCUT2D eigenvalue weighted by molar-refractivity contribution is 5.34. The van der Waals surface area contributed by atoms with Crippen LogP contribution in [0.25, 0.3) is 0 Å². The number of hydrogen-bond donors (Lipinski definition) is 1. The van der Waals surface area contributed by atoms with Gasteiger partial charge < -0.3 is 5.11 Å². The molecule has 0 spiro atoms. The molecular weight excluding hydrogens is 244 g/mol. The summed E-state index contributed by atoms with van der Waals surface area (Å²) >= 11 is 0. The van der Waals surface area contributed by atoms with Gasteiger partial charge in [-0.15, -0.1) is 0 Å². The molecule has 1 aliphatic rings. The normalized spacial score (nSPS) is 19.4. The Kier molecular flexibility index (Phi) is 3.62. The van der Waals surface area contributed by atoms with E-state index in [2.05, 4.69) is 56.3 Å². The quantitative estimate of drug-likeness (QED) is 0.866. The Morgan fingerprint density at radius 3 is 2.60 bits per heavy atom. The average Bonchev–Trinajstić information content (AvgIpc) is 2.48. The van der Waals surface area contributed by atoms with Crippen LogP contribution in [0.2, 0.25) is 0 Å². The Labute approximate surface area is 121 Å². The molecule has 0 radical (unpaired) electrons. The highest BCUT2D eigenvalue weighted by Gasteiger charge is 2.26. The van der Waals surface area contributed by atoms with Gasteiger partial charge in [-0.2, -0.15) is 0 Å². The van der Waals surface area contributed by atoms with Crippen LogP contribution in [-0.4, -0.2) is 5.11 Å². The monoisotopic (exact) mass is 266 g/mol. The van der Waals surface area contributed by atoms with Gasteiger partial charge in [-0.3, -0.25) is 0 Å². The molecule has 1 nitrogen and oxygen atoms in total. The Bertz CT molecular complexity index is 615. The molecule has 20 heavy (non-hydrogen) atoms. The summed E-state index contributed by atoms with van der Waals surface area (Å²) in [5, 5.41) is 10.8. The van der Waals surface area contributed by atoms with E-state index in [-0.39, 0.29) is 6.10 Å². The van der Waals surface area contributed by atoms with Gasteiger partial charge in [-0.1, -0.05) is 48.0 Å². The van der Waals surface area contributed by atoms with Gasteiger partial charge in [0.05, 0.1) is 6.10 Å². The third kappa shape index (κ3) is 2.51. The first kappa shape index (κ1) is 13.4. The lowest BCUT2D eigenvalue weighted by atomic mass is 9.78. The topological polar surface area (TPSA) is 20.2 Å². The maximum Gasteiger partial charge on any atom is 0.0824 e. The third-order valence-electron chi connectivity index (χ3n) is 4.58. The molecule has 1 heteroatoms. The van der Waals surface area contributed by atoms with E-state index < -0.39 is 0 Å². The SMILES string of the molecule is Cc1ccc(C)c(C(O)C2CCc3ccccc3C2)c1. The van der Waals surface area contributed by atoms with Crippen molar-refractivity contribution >= 4 is 0 Å². The van der Waals surface area contributed by atoms with Crippen LogP contribution in [0.15, 0.2) is 42.5 Å². The number of aryl methyl sites for hydroxylation is 3. The summed E-state index contributed by atoms with van der Waals surface area (Å²) in [7, 11) is 0. The van der Waals surface area contributed by atoms with Crippen molar-refractivity contribution < 1.29 is 5.11 Å². The van der Waals surface area contributed by atoms with E-state index in [0.717, 1.165) is 24.8 Å². The van der Waals surface area contributed by atoms with Gasteiger partial charge in [0.15, 0.2) is 0 Å². The molecule has 0 fully saturated rings. The summed E-state index contributed by atoms with van der Waals surface area (Å²) < 4.78 is 0. The second kappa shape index (κ2) is 5.41. The van der Waals surface area contributed by atoms with Gasteiger partial charge in [-0.05, 0) is 61.3 Å². The van der Waals surface area contributed by atoms with Crippen molar-refractivity contribution in [3.8, 4) is 0 Å². The van der Waals surface area contributed by atoms with Crippen molar-refractivity contribution in [2.45, 2.75) is 39.2 Å². The van der Waals surface area contributed by atoms with Crippen LogP contribution < -0.4 is 0 Å². The second-order valence-corrected chi connectivity index (χ2v) is 6.08. The fraction of sp³-hybridized carbons (Fsp3) is 0.368. The number of benzene rings is 2. The minimum Gasteiger partial charge on any atom is -0.388 e. The third-order valence-corrected chi connectivity index (χ3v) is 4.58. The Balaban J connectivity index is 1.85. The highest BCUT2D eigenvalue weighted by atomic mass is 16.3. The molecule has 2 unspecified atom stereocenters. The molecule has 1 N–H and O–H groups in total. The average molecular weight is 266 g/mol. The molecule has 2 atom stereocenters. The summed E-state index contributed by atoms with van der Waals surface area (Å²) in [6, 6.07) is 15.0. The summed E-state index contributed by atoms with van der Waals surface area (Å²) in [5.74, 6) is 0.338. The summed E-state index contributed by atoms with van der Waals surface area (Å²) in [6.07, 6.45) is 2.81. The number of fused-ring (bicyclic) bond motifs is 1. The number of aliphatic hydroxyl groups excluding tert-OH is 1. The molecule has 2 aromatic carbocycles. The first-order valence-electron chi connectivity index (χ1n) is 7.47. The maximum atomic E-state index is 10.8. The van der Waals surface area contributed by atoms with Gasteiger partial charge in [0.1, 0.15) is 0 Å². The Morgan fingerprint density at radius 2 is 1.80 bits per heavy atom. The van der Waals surface area contributed by atoms with E-state index in [4.69, 9.17) is 0 Å². The number of aliphatic hydroxyl groups is 1. The van der Waals surface area contributed by atoms with Crippen molar-refractivity contribution in [2.24, 2.45) is 5.92 Å². The van der Waals surface area contributed by atoms with Crippen LogP contribution in [0.3, 0.4) is 0 Å². The van der Waals surface area contributed by atoms with Crippen LogP contribution in [0.4, 0.5) is 0 Å². The van der Waals surface area contributed by atoms with Crippen molar-refractivity contribution in [3.63, 3.8) is 0 Å². The lowest BCUT2D eigenvalue weighted by Gasteiger charge is -2.29. The lowest BCUT2D eigenvalue weighted by Crippen LogP contribution is -2.21. The number of hydrogen-bond acceptors (Lipinski definition) is 1. The minimum atomic E-state index is -0.344. The Hall–Kier alpha value is -1.60. The molecule has 0 heterocycles. The van der Waals surface area contributed by atoms with Crippen LogP contribution in [0.1, 0.15) is 40.3 Å². The molecule has 0 saturated carbocycles. The molecule has 104 valence electrons. The lowest BCUT2D eigenvalue weighted by molar-refractivity contribution is 0.0989. The minimum absolute atomic E-state index is 0.338. The van der Waals surface area contributed by atoms with Crippen molar-refractivity contribution in [1.82, 2.24) is 0 Å². The van der Waals surface area contributed by atoms with Crippen molar-refractivity contribution in [2.75, 3.05) is 0 Å². The van der Waals surface area contributed by atoms with E-state index >= 15 is 0 Å². The predicted octanol–water partition coefficient (Wildman–Crippen LogP) is 4.14. The zero-order valence-electron chi connectivity index (χ0n) is 12.3. The largest absolute Gasteiger partial charge is 0.388 e. The fourth-order valence-electron chi connectivity index (χ4n) is 3.33. The first-order valence-corrected chi connectivity index (χ1v) is 7.47. The smallest absolute Gasteiger partial charge is 0.0824 e. The van der Waals surface area contributed by atoms with E-state index in [1.807, 2.05) is 0 Å². The maximum absolute atomic E-state index is 10.8. The summed E-state index contributed by atoms with van der Waals surface area (Å²) in [5.41, 5.74) is 6.39. The molecular formula is C19H22O. The van der Waals surface area contributed by atoms with E-state index in [1.165, 1.54) is 22.3 Å².